The van der Waals surface area contributed by atoms with Gasteiger partial charge in [-0.3, -0.25) is 24.3 Å². The highest BCUT2D eigenvalue weighted by Crippen LogP contribution is 2.34. The van der Waals surface area contributed by atoms with Gasteiger partial charge in [-0.1, -0.05) is 54.6 Å². The van der Waals surface area contributed by atoms with Crippen LogP contribution in [0.5, 0.6) is 5.75 Å². The Morgan fingerprint density at radius 3 is 2.29 bits per heavy atom. The van der Waals surface area contributed by atoms with E-state index in [4.69, 9.17) is 5.11 Å². The van der Waals surface area contributed by atoms with Crippen molar-refractivity contribution >= 4 is 11.9 Å². The van der Waals surface area contributed by atoms with Gasteiger partial charge >= 0.3 is 5.97 Å². The highest BCUT2D eigenvalue weighted by Gasteiger charge is 2.32. The van der Waals surface area contributed by atoms with Crippen molar-refractivity contribution in [1.29, 1.82) is 0 Å². The van der Waals surface area contributed by atoms with Crippen molar-refractivity contribution in [3.05, 3.63) is 101 Å². The molecule has 5 rings (SSSR count). The van der Waals surface area contributed by atoms with Crippen molar-refractivity contribution in [1.82, 2.24) is 19.6 Å². The van der Waals surface area contributed by atoms with E-state index in [-0.39, 0.29) is 30.3 Å². The number of benzene rings is 3. The molecule has 3 aromatic rings. The molecule has 1 amide bonds. The largest absolute Gasteiger partial charge is 0.508 e. The van der Waals surface area contributed by atoms with E-state index < -0.39 is 5.97 Å². The van der Waals surface area contributed by atoms with Crippen LogP contribution >= 0.6 is 0 Å². The van der Waals surface area contributed by atoms with Gasteiger partial charge in [0.25, 0.3) is 5.91 Å². The Morgan fingerprint density at radius 2 is 1.56 bits per heavy atom. The summed E-state index contributed by atoms with van der Waals surface area (Å²) in [6.07, 6.45) is 0.745. The number of carboxylic acid groups (broad SMARTS) is 1. The van der Waals surface area contributed by atoms with Gasteiger partial charge in [0.1, 0.15) is 5.75 Å². The Balaban J connectivity index is 1.36. The number of piperazine rings is 1. The fourth-order valence-electron chi connectivity index (χ4n) is 6.23. The summed E-state index contributed by atoms with van der Waals surface area (Å²) in [6.45, 7) is 8.21. The van der Waals surface area contributed by atoms with E-state index in [1.165, 1.54) is 5.56 Å². The zero-order valence-corrected chi connectivity index (χ0v) is 23.7. The predicted octanol–water partition coefficient (Wildman–Crippen LogP) is 3.92. The molecule has 3 aromatic carbocycles. The number of amides is 1. The molecule has 8 nitrogen and oxygen atoms in total. The van der Waals surface area contributed by atoms with Crippen LogP contribution in [0, 0.1) is 0 Å². The average Bonchev–Trinajstić information content (AvgIpc) is 3.20. The van der Waals surface area contributed by atoms with Crippen molar-refractivity contribution in [2.45, 2.75) is 32.0 Å². The van der Waals surface area contributed by atoms with Crippen molar-refractivity contribution < 1.29 is 19.8 Å². The molecule has 0 aromatic heterocycles. The quantitative estimate of drug-likeness (QED) is 0.435. The normalized spacial score (nSPS) is 19.9. The Morgan fingerprint density at radius 1 is 0.829 bits per heavy atom. The SMILES string of the molecule is CC1CN(Cc2ccccc2)CCN1C(c1cccc(O)c1)c1cccc(C(=O)N2CCCN(CC(=O)O)CC2)c1. The second kappa shape index (κ2) is 13.3. The molecular weight excluding hydrogens is 516 g/mol. The molecule has 2 heterocycles. The van der Waals surface area contributed by atoms with Gasteiger partial charge in [-0.15, -0.1) is 0 Å². The first-order chi connectivity index (χ1) is 19.9. The Bertz CT molecular complexity index is 1330. The number of rotatable bonds is 8. The maximum Gasteiger partial charge on any atom is 0.317 e. The van der Waals surface area contributed by atoms with E-state index in [9.17, 15) is 14.7 Å². The van der Waals surface area contributed by atoms with Crippen molar-refractivity contribution in [2.75, 3.05) is 52.4 Å². The molecule has 0 bridgehead atoms. The van der Waals surface area contributed by atoms with Crippen LogP contribution in [0.25, 0.3) is 0 Å². The lowest BCUT2D eigenvalue weighted by Gasteiger charge is -2.44. The fourth-order valence-corrected chi connectivity index (χ4v) is 6.23. The average molecular weight is 557 g/mol. The molecule has 2 atom stereocenters. The number of aliphatic carboxylic acids is 1. The number of phenols is 1. The lowest BCUT2D eigenvalue weighted by Crippen LogP contribution is -2.52. The van der Waals surface area contributed by atoms with Crippen molar-refractivity contribution in [3.8, 4) is 5.75 Å². The zero-order chi connectivity index (χ0) is 28.8. The summed E-state index contributed by atoms with van der Waals surface area (Å²) in [5.41, 5.74) is 3.96. The monoisotopic (exact) mass is 556 g/mol. The number of hydrogen-bond donors (Lipinski definition) is 2. The summed E-state index contributed by atoms with van der Waals surface area (Å²) in [5, 5.41) is 19.5. The molecule has 2 aliphatic heterocycles. The van der Waals surface area contributed by atoms with Crippen LogP contribution in [0.15, 0.2) is 78.9 Å². The van der Waals surface area contributed by atoms with Crippen LogP contribution in [-0.4, -0.2) is 100 Å². The third-order valence-electron chi connectivity index (χ3n) is 8.21. The summed E-state index contributed by atoms with van der Waals surface area (Å²) in [7, 11) is 0. The summed E-state index contributed by atoms with van der Waals surface area (Å²) < 4.78 is 0. The number of aromatic hydroxyl groups is 1. The van der Waals surface area contributed by atoms with Gasteiger partial charge in [-0.2, -0.15) is 0 Å². The molecule has 0 saturated carbocycles. The fraction of sp³-hybridized carbons (Fsp3) is 0.394. The third-order valence-corrected chi connectivity index (χ3v) is 8.21. The van der Waals surface area contributed by atoms with E-state index in [1.807, 2.05) is 52.3 Å². The minimum atomic E-state index is -0.842. The number of carbonyl (C=O) groups excluding carboxylic acids is 1. The second-order valence-electron chi connectivity index (χ2n) is 11.2. The maximum atomic E-state index is 13.6. The summed E-state index contributed by atoms with van der Waals surface area (Å²) in [6, 6.07) is 26.0. The van der Waals surface area contributed by atoms with E-state index in [2.05, 4.69) is 47.1 Å². The number of carboxylic acids is 1. The Hall–Kier alpha value is -3.72. The van der Waals surface area contributed by atoms with E-state index in [0.29, 0.717) is 31.7 Å². The smallest absolute Gasteiger partial charge is 0.317 e. The first kappa shape index (κ1) is 28.8. The van der Waals surface area contributed by atoms with Gasteiger partial charge in [0.2, 0.25) is 0 Å². The van der Waals surface area contributed by atoms with E-state index in [1.54, 1.807) is 6.07 Å². The summed E-state index contributed by atoms with van der Waals surface area (Å²) in [4.78, 5) is 33.5. The van der Waals surface area contributed by atoms with Crippen LogP contribution in [0.3, 0.4) is 0 Å². The van der Waals surface area contributed by atoms with Gasteiger partial charge in [0, 0.05) is 64.0 Å². The highest BCUT2D eigenvalue weighted by atomic mass is 16.4. The lowest BCUT2D eigenvalue weighted by atomic mass is 9.93. The topological polar surface area (TPSA) is 87.6 Å². The van der Waals surface area contributed by atoms with Crippen molar-refractivity contribution in [2.24, 2.45) is 0 Å². The van der Waals surface area contributed by atoms with Crippen LogP contribution < -0.4 is 0 Å². The highest BCUT2D eigenvalue weighted by molar-refractivity contribution is 5.94. The summed E-state index contributed by atoms with van der Waals surface area (Å²) in [5.74, 6) is -0.643. The number of hydrogen-bond acceptors (Lipinski definition) is 6. The van der Waals surface area contributed by atoms with E-state index >= 15 is 0 Å². The Kier molecular flexibility index (Phi) is 9.34. The van der Waals surface area contributed by atoms with Crippen LogP contribution in [0.4, 0.5) is 0 Å². The molecule has 216 valence electrons. The summed E-state index contributed by atoms with van der Waals surface area (Å²) >= 11 is 0. The first-order valence-electron chi connectivity index (χ1n) is 14.5. The van der Waals surface area contributed by atoms with Gasteiger partial charge in [-0.25, -0.2) is 0 Å². The lowest BCUT2D eigenvalue weighted by molar-refractivity contribution is -0.138. The van der Waals surface area contributed by atoms with Gasteiger partial charge < -0.3 is 15.1 Å². The van der Waals surface area contributed by atoms with Crippen LogP contribution in [-0.2, 0) is 11.3 Å². The number of carbonyl (C=O) groups is 2. The first-order valence-corrected chi connectivity index (χ1v) is 14.5. The number of phenolic OH excluding ortho intramolecular Hbond substituents is 1. The third kappa shape index (κ3) is 7.33. The number of nitrogens with zero attached hydrogens (tertiary/aromatic N) is 4. The molecule has 0 radical (unpaired) electrons. The van der Waals surface area contributed by atoms with Gasteiger partial charge in [0.15, 0.2) is 0 Å². The molecule has 8 heteroatoms. The minimum Gasteiger partial charge on any atom is -0.508 e. The van der Waals surface area contributed by atoms with E-state index in [0.717, 1.165) is 43.7 Å². The molecule has 2 aliphatic rings. The predicted molar refractivity (Wildman–Crippen MR) is 159 cm³/mol. The zero-order valence-electron chi connectivity index (χ0n) is 23.7. The minimum absolute atomic E-state index is 0.0000864. The molecule has 0 aliphatic carbocycles. The molecule has 2 saturated heterocycles. The standard InChI is InChI=1S/C33H40N4O4/c1-25-22-35(23-26-8-3-2-4-9-26)17-19-37(25)32(28-11-6-13-30(38)21-28)27-10-5-12-29(20-27)33(41)36-15-7-14-34(16-18-36)24-31(39)40/h2-6,8-13,20-21,25,32,38H,7,14-19,22-24H2,1H3,(H,39,40). The molecule has 2 unspecified atom stereocenters. The van der Waals surface area contributed by atoms with Gasteiger partial charge in [0.05, 0.1) is 12.6 Å². The van der Waals surface area contributed by atoms with Crippen LogP contribution in [0.2, 0.25) is 0 Å². The molecule has 0 spiro atoms. The molecule has 41 heavy (non-hydrogen) atoms. The molecule has 2 N–H and O–H groups in total. The molecule has 2 fully saturated rings. The van der Waals surface area contributed by atoms with Crippen LogP contribution in [0.1, 0.15) is 46.4 Å². The van der Waals surface area contributed by atoms with Gasteiger partial charge in [-0.05, 0) is 54.3 Å². The second-order valence-corrected chi connectivity index (χ2v) is 11.2. The Labute approximate surface area is 242 Å². The van der Waals surface area contributed by atoms with Crippen molar-refractivity contribution in [3.63, 3.8) is 0 Å². The molecular formula is C33H40N4O4. The maximum absolute atomic E-state index is 13.6.